The highest BCUT2D eigenvalue weighted by molar-refractivity contribution is 5.46. The summed E-state index contributed by atoms with van der Waals surface area (Å²) in [4.78, 5) is 6.90. The summed E-state index contributed by atoms with van der Waals surface area (Å²) in [5, 5.41) is 18.6. The highest BCUT2D eigenvalue weighted by Crippen LogP contribution is 2.32. The van der Waals surface area contributed by atoms with Crippen LogP contribution < -0.4 is 4.90 Å². The van der Waals surface area contributed by atoms with Gasteiger partial charge in [-0.3, -0.25) is 0 Å². The van der Waals surface area contributed by atoms with Gasteiger partial charge in [-0.25, -0.2) is 4.98 Å². The van der Waals surface area contributed by atoms with Gasteiger partial charge in [-0.15, -0.1) is 0 Å². The van der Waals surface area contributed by atoms with Gasteiger partial charge >= 0.3 is 0 Å². The summed E-state index contributed by atoms with van der Waals surface area (Å²) in [6, 6.07) is 4.40. The molecule has 1 heterocycles. The summed E-state index contributed by atoms with van der Waals surface area (Å²) in [6.45, 7) is 7.12. The predicted molar refractivity (Wildman–Crippen MR) is 76.3 cm³/mol. The first-order valence-corrected chi connectivity index (χ1v) is 6.95. The van der Waals surface area contributed by atoms with Crippen molar-refractivity contribution < 1.29 is 10.2 Å². The van der Waals surface area contributed by atoms with Crippen LogP contribution in [0.2, 0.25) is 0 Å². The number of aromatic nitrogens is 1. The Hall–Kier alpha value is -1.13. The van der Waals surface area contributed by atoms with Crippen molar-refractivity contribution in [2.75, 3.05) is 18.1 Å². The second-order valence-corrected chi connectivity index (χ2v) is 6.28. The van der Waals surface area contributed by atoms with Gasteiger partial charge in [-0.1, -0.05) is 20.8 Å². The van der Waals surface area contributed by atoms with Gasteiger partial charge in [0, 0.05) is 23.7 Å². The Labute approximate surface area is 115 Å². The fourth-order valence-corrected chi connectivity index (χ4v) is 2.17. The standard InChI is InChI=1S/C15H24N2O2/c1-15(2,3)13-8-11(10-19)9-14(16-13)17(6-7-18)12-4-5-12/h8-9,12,18-19H,4-7,10H2,1-3H3. The summed E-state index contributed by atoms with van der Waals surface area (Å²) in [5.41, 5.74) is 1.82. The molecule has 1 fully saturated rings. The first-order chi connectivity index (χ1) is 8.95. The van der Waals surface area contributed by atoms with Crippen molar-refractivity contribution in [2.45, 2.75) is 51.7 Å². The Kier molecular flexibility index (Phi) is 4.11. The van der Waals surface area contributed by atoms with Crippen LogP contribution in [-0.4, -0.2) is 34.4 Å². The Morgan fingerprint density at radius 2 is 1.95 bits per heavy atom. The highest BCUT2D eigenvalue weighted by Gasteiger charge is 2.30. The SMILES string of the molecule is CC(C)(C)c1cc(CO)cc(N(CCO)C2CC2)n1. The van der Waals surface area contributed by atoms with Crippen molar-refractivity contribution in [2.24, 2.45) is 0 Å². The predicted octanol–water partition coefficient (Wildman–Crippen LogP) is 1.83. The van der Waals surface area contributed by atoms with E-state index >= 15 is 0 Å². The number of hydrogen-bond donors (Lipinski definition) is 2. The van der Waals surface area contributed by atoms with Crippen LogP contribution in [0.3, 0.4) is 0 Å². The first kappa shape index (κ1) is 14.3. The van der Waals surface area contributed by atoms with E-state index in [0.29, 0.717) is 12.6 Å². The van der Waals surface area contributed by atoms with Crippen molar-refractivity contribution in [3.63, 3.8) is 0 Å². The zero-order chi connectivity index (χ0) is 14.0. The van der Waals surface area contributed by atoms with Gasteiger partial charge in [-0.2, -0.15) is 0 Å². The molecule has 0 unspecified atom stereocenters. The minimum absolute atomic E-state index is 0.0240. The van der Waals surface area contributed by atoms with Gasteiger partial charge < -0.3 is 15.1 Å². The lowest BCUT2D eigenvalue weighted by Gasteiger charge is -2.26. The van der Waals surface area contributed by atoms with Crippen molar-refractivity contribution in [3.8, 4) is 0 Å². The molecule has 1 aliphatic rings. The molecule has 0 amide bonds. The van der Waals surface area contributed by atoms with Crippen molar-refractivity contribution in [1.29, 1.82) is 0 Å². The quantitative estimate of drug-likeness (QED) is 0.852. The van der Waals surface area contributed by atoms with Gasteiger partial charge in [-0.05, 0) is 30.5 Å². The molecule has 106 valence electrons. The van der Waals surface area contributed by atoms with Crippen LogP contribution in [0.4, 0.5) is 5.82 Å². The minimum atomic E-state index is -0.0473. The lowest BCUT2D eigenvalue weighted by atomic mass is 9.91. The first-order valence-electron chi connectivity index (χ1n) is 6.95. The summed E-state index contributed by atoms with van der Waals surface area (Å²) in [6.07, 6.45) is 2.33. The molecular formula is C15H24N2O2. The number of aliphatic hydroxyl groups excluding tert-OH is 2. The molecule has 0 radical (unpaired) electrons. The topological polar surface area (TPSA) is 56.6 Å². The Morgan fingerprint density at radius 3 is 2.42 bits per heavy atom. The summed E-state index contributed by atoms with van der Waals surface area (Å²) < 4.78 is 0. The van der Waals surface area contributed by atoms with E-state index in [4.69, 9.17) is 4.98 Å². The molecule has 0 aliphatic heterocycles. The van der Waals surface area contributed by atoms with E-state index in [2.05, 4.69) is 25.7 Å². The van der Waals surface area contributed by atoms with E-state index < -0.39 is 0 Å². The number of rotatable bonds is 5. The van der Waals surface area contributed by atoms with Crippen molar-refractivity contribution in [3.05, 3.63) is 23.4 Å². The molecule has 2 N–H and O–H groups in total. The van der Waals surface area contributed by atoms with Gasteiger partial charge in [0.1, 0.15) is 5.82 Å². The minimum Gasteiger partial charge on any atom is -0.395 e. The third-order valence-electron chi connectivity index (χ3n) is 3.45. The molecule has 2 rings (SSSR count). The van der Waals surface area contributed by atoms with E-state index in [1.165, 1.54) is 0 Å². The maximum atomic E-state index is 9.42. The largest absolute Gasteiger partial charge is 0.395 e. The molecule has 1 aromatic heterocycles. The second kappa shape index (κ2) is 5.47. The van der Waals surface area contributed by atoms with Gasteiger partial charge in [0.15, 0.2) is 0 Å². The Balaban J connectivity index is 2.37. The summed E-state index contributed by atoms with van der Waals surface area (Å²) in [7, 11) is 0. The zero-order valence-corrected chi connectivity index (χ0v) is 12.1. The molecule has 4 nitrogen and oxygen atoms in total. The fourth-order valence-electron chi connectivity index (χ4n) is 2.17. The number of anilines is 1. The number of hydrogen-bond acceptors (Lipinski definition) is 4. The van der Waals surface area contributed by atoms with E-state index in [1.807, 2.05) is 12.1 Å². The third kappa shape index (κ3) is 3.45. The van der Waals surface area contributed by atoms with Crippen LogP contribution in [0.25, 0.3) is 0 Å². The maximum absolute atomic E-state index is 9.42. The van der Waals surface area contributed by atoms with Crippen LogP contribution in [0, 0.1) is 0 Å². The molecule has 19 heavy (non-hydrogen) atoms. The number of nitrogens with zero attached hydrogens (tertiary/aromatic N) is 2. The van der Waals surface area contributed by atoms with Crippen LogP contribution in [0.5, 0.6) is 0 Å². The van der Waals surface area contributed by atoms with Crippen molar-refractivity contribution in [1.82, 2.24) is 4.98 Å². The normalized spacial score (nSPS) is 15.6. The monoisotopic (exact) mass is 264 g/mol. The molecule has 1 saturated carbocycles. The van der Waals surface area contributed by atoms with Crippen LogP contribution in [-0.2, 0) is 12.0 Å². The van der Waals surface area contributed by atoms with E-state index in [9.17, 15) is 10.2 Å². The Morgan fingerprint density at radius 1 is 1.26 bits per heavy atom. The molecule has 1 aromatic rings. The molecule has 0 bridgehead atoms. The average Bonchev–Trinajstić information content (AvgIpc) is 3.18. The molecule has 0 saturated heterocycles. The molecule has 0 spiro atoms. The van der Waals surface area contributed by atoms with Gasteiger partial charge in [0.05, 0.1) is 13.2 Å². The van der Waals surface area contributed by atoms with Crippen molar-refractivity contribution >= 4 is 5.82 Å². The van der Waals surface area contributed by atoms with Gasteiger partial charge in [0.2, 0.25) is 0 Å². The molecular weight excluding hydrogens is 240 g/mol. The van der Waals surface area contributed by atoms with Crippen LogP contribution >= 0.6 is 0 Å². The lowest BCUT2D eigenvalue weighted by Crippen LogP contribution is -2.30. The van der Waals surface area contributed by atoms with E-state index in [-0.39, 0.29) is 18.6 Å². The summed E-state index contributed by atoms with van der Waals surface area (Å²) >= 11 is 0. The average molecular weight is 264 g/mol. The fraction of sp³-hybridized carbons (Fsp3) is 0.667. The maximum Gasteiger partial charge on any atom is 0.129 e. The zero-order valence-electron chi connectivity index (χ0n) is 12.1. The van der Waals surface area contributed by atoms with Crippen LogP contribution in [0.15, 0.2) is 12.1 Å². The number of pyridine rings is 1. The third-order valence-corrected chi connectivity index (χ3v) is 3.45. The smallest absolute Gasteiger partial charge is 0.129 e. The Bertz CT molecular complexity index is 436. The molecule has 1 aliphatic carbocycles. The molecule has 4 heteroatoms. The number of aliphatic hydroxyl groups is 2. The highest BCUT2D eigenvalue weighted by atomic mass is 16.3. The summed E-state index contributed by atoms with van der Waals surface area (Å²) in [5.74, 6) is 0.882. The molecule has 0 atom stereocenters. The second-order valence-electron chi connectivity index (χ2n) is 6.28. The van der Waals surface area contributed by atoms with Gasteiger partial charge in [0.25, 0.3) is 0 Å². The van der Waals surface area contributed by atoms with Crippen LogP contribution in [0.1, 0.15) is 44.9 Å². The van der Waals surface area contributed by atoms with E-state index in [0.717, 1.165) is 29.9 Å². The van der Waals surface area contributed by atoms with E-state index in [1.54, 1.807) is 0 Å². The lowest BCUT2D eigenvalue weighted by molar-refractivity contribution is 0.281. The molecule has 0 aromatic carbocycles.